The van der Waals surface area contributed by atoms with Crippen LogP contribution in [0.25, 0.3) is 0 Å². The summed E-state index contributed by atoms with van der Waals surface area (Å²) >= 11 is 6.04. The van der Waals surface area contributed by atoms with E-state index in [1.807, 2.05) is 13.8 Å². The molecule has 0 saturated carbocycles. The Kier molecular flexibility index (Phi) is 8.68. The summed E-state index contributed by atoms with van der Waals surface area (Å²) in [6.07, 6.45) is 0. The second-order valence-corrected chi connectivity index (χ2v) is 8.76. The summed E-state index contributed by atoms with van der Waals surface area (Å²) in [5.41, 5.74) is 0.775. The summed E-state index contributed by atoms with van der Waals surface area (Å²) in [6.45, 7) is 7.23. The van der Waals surface area contributed by atoms with Crippen molar-refractivity contribution in [3.8, 4) is 5.75 Å². The predicted molar refractivity (Wildman–Crippen MR) is 127 cm³/mol. The number of piperazine rings is 1. The largest absolute Gasteiger partial charge is 0.482 e. The summed E-state index contributed by atoms with van der Waals surface area (Å²) in [5.74, 6) is -1.06. The highest BCUT2D eigenvalue weighted by Crippen LogP contribution is 2.28. The van der Waals surface area contributed by atoms with Gasteiger partial charge in [0, 0.05) is 54.9 Å². The number of hydrogen-bond donors (Lipinski definition) is 2. The summed E-state index contributed by atoms with van der Waals surface area (Å²) < 4.78 is 33.0. The Bertz CT molecular complexity index is 1040. The third kappa shape index (κ3) is 6.57. The fraction of sp³-hybridized carbons (Fsp3) is 0.417. The first kappa shape index (κ1) is 25.7. The number of anilines is 1. The highest BCUT2D eigenvalue weighted by molar-refractivity contribution is 6.31. The van der Waals surface area contributed by atoms with Crippen molar-refractivity contribution in [2.45, 2.75) is 39.4 Å². The normalized spacial score (nSPS) is 18.5. The Hall–Kier alpha value is -2.91. The number of amides is 3. The van der Waals surface area contributed by atoms with Crippen LogP contribution in [0.3, 0.4) is 0 Å². The number of carbonyl (C=O) groups excluding carboxylic acids is 2. The molecule has 0 spiro atoms. The van der Waals surface area contributed by atoms with Crippen LogP contribution in [0.1, 0.15) is 26.3 Å². The van der Waals surface area contributed by atoms with E-state index in [2.05, 4.69) is 15.5 Å². The number of hydrogen-bond acceptors (Lipinski definition) is 4. The van der Waals surface area contributed by atoms with Gasteiger partial charge in [0.2, 0.25) is 0 Å². The van der Waals surface area contributed by atoms with E-state index < -0.39 is 17.7 Å². The molecule has 34 heavy (non-hydrogen) atoms. The van der Waals surface area contributed by atoms with Gasteiger partial charge in [-0.05, 0) is 45.0 Å². The van der Waals surface area contributed by atoms with Crippen molar-refractivity contribution in [3.63, 3.8) is 0 Å². The first-order chi connectivity index (χ1) is 16.2. The summed E-state index contributed by atoms with van der Waals surface area (Å²) in [6, 6.07) is 7.77. The molecule has 0 bridgehead atoms. The summed E-state index contributed by atoms with van der Waals surface area (Å²) in [7, 11) is 0. The van der Waals surface area contributed by atoms with E-state index in [0.29, 0.717) is 48.2 Å². The number of nitrogens with zero attached hydrogens (tertiary/aromatic N) is 2. The summed E-state index contributed by atoms with van der Waals surface area (Å²) in [4.78, 5) is 28.6. The van der Waals surface area contributed by atoms with Crippen molar-refractivity contribution in [2.75, 3.05) is 31.6 Å². The highest BCUT2D eigenvalue weighted by atomic mass is 35.5. The molecule has 1 aliphatic rings. The van der Waals surface area contributed by atoms with E-state index in [0.717, 1.165) is 6.07 Å². The minimum absolute atomic E-state index is 0.0323. The van der Waals surface area contributed by atoms with Gasteiger partial charge in [-0.25, -0.2) is 13.6 Å². The Morgan fingerprint density at radius 3 is 2.59 bits per heavy atom. The second-order valence-electron chi connectivity index (χ2n) is 8.32. The van der Waals surface area contributed by atoms with Gasteiger partial charge in [-0.15, -0.1) is 0 Å². The lowest BCUT2D eigenvalue weighted by molar-refractivity contribution is -0.139. The zero-order valence-electron chi connectivity index (χ0n) is 19.4. The second kappa shape index (κ2) is 11.5. The van der Waals surface area contributed by atoms with Crippen LogP contribution in [-0.4, -0.2) is 60.1 Å². The molecule has 1 aliphatic heterocycles. The Morgan fingerprint density at radius 1 is 1.12 bits per heavy atom. The first-order valence-corrected chi connectivity index (χ1v) is 11.5. The average Bonchev–Trinajstić information content (AvgIpc) is 2.77. The molecule has 2 unspecified atom stereocenters. The third-order valence-electron chi connectivity index (χ3n) is 5.70. The van der Waals surface area contributed by atoms with Crippen LogP contribution < -0.4 is 15.4 Å². The molecule has 1 saturated heterocycles. The molecule has 1 heterocycles. The van der Waals surface area contributed by atoms with Crippen molar-refractivity contribution in [3.05, 3.63) is 58.6 Å². The van der Waals surface area contributed by atoms with Gasteiger partial charge < -0.3 is 20.3 Å². The first-order valence-electron chi connectivity index (χ1n) is 11.1. The van der Waals surface area contributed by atoms with Gasteiger partial charge in [0.05, 0.1) is 5.69 Å². The van der Waals surface area contributed by atoms with Gasteiger partial charge in [-0.1, -0.05) is 17.7 Å². The number of ether oxygens (including phenoxy) is 1. The van der Waals surface area contributed by atoms with Gasteiger partial charge in [-0.2, -0.15) is 0 Å². The fourth-order valence-electron chi connectivity index (χ4n) is 3.91. The molecule has 3 rings (SSSR count). The maximum atomic E-state index is 14.1. The number of halogens is 3. The van der Waals surface area contributed by atoms with E-state index >= 15 is 0 Å². The molecule has 2 aromatic carbocycles. The lowest BCUT2D eigenvalue weighted by atomic mass is 10.1. The average molecular weight is 495 g/mol. The van der Waals surface area contributed by atoms with Crippen LogP contribution in [0.15, 0.2) is 36.4 Å². The zero-order chi connectivity index (χ0) is 24.8. The van der Waals surface area contributed by atoms with Crippen LogP contribution in [0, 0.1) is 11.6 Å². The van der Waals surface area contributed by atoms with Crippen LogP contribution in [-0.2, 0) is 11.3 Å². The maximum absolute atomic E-state index is 14.1. The molecule has 0 aliphatic carbocycles. The SMILES string of the molecule is CCNC(=O)Nc1cc(Cl)ccc1OCC(=O)N1CC(C)N(Cc2ccc(F)cc2F)CC1C. The topological polar surface area (TPSA) is 73.9 Å². The molecule has 2 atom stereocenters. The highest BCUT2D eigenvalue weighted by Gasteiger charge is 2.32. The van der Waals surface area contributed by atoms with E-state index in [1.54, 1.807) is 30.0 Å². The predicted octanol–water partition coefficient (Wildman–Crippen LogP) is 4.26. The van der Waals surface area contributed by atoms with Gasteiger partial charge in [0.15, 0.2) is 6.61 Å². The van der Waals surface area contributed by atoms with Gasteiger partial charge >= 0.3 is 6.03 Å². The van der Waals surface area contributed by atoms with E-state index in [1.165, 1.54) is 12.1 Å². The number of nitrogens with one attached hydrogen (secondary N) is 2. The molecule has 3 amide bonds. The molecule has 1 fully saturated rings. The Balaban J connectivity index is 1.60. The number of benzene rings is 2. The van der Waals surface area contributed by atoms with E-state index in [-0.39, 0.29) is 24.6 Å². The number of carbonyl (C=O) groups is 2. The number of rotatable bonds is 7. The summed E-state index contributed by atoms with van der Waals surface area (Å²) in [5, 5.41) is 5.71. The van der Waals surface area contributed by atoms with Crippen LogP contribution in [0.2, 0.25) is 5.02 Å². The molecule has 7 nitrogen and oxygen atoms in total. The lowest BCUT2D eigenvalue weighted by Crippen LogP contribution is -2.58. The molecule has 184 valence electrons. The molecule has 0 radical (unpaired) electrons. The Morgan fingerprint density at radius 2 is 1.88 bits per heavy atom. The Labute approximate surface area is 203 Å². The van der Waals surface area contributed by atoms with Gasteiger partial charge in [0.25, 0.3) is 5.91 Å². The van der Waals surface area contributed by atoms with Crippen molar-refractivity contribution < 1.29 is 23.1 Å². The minimum Gasteiger partial charge on any atom is -0.482 e. The monoisotopic (exact) mass is 494 g/mol. The lowest BCUT2D eigenvalue weighted by Gasteiger charge is -2.44. The van der Waals surface area contributed by atoms with Crippen molar-refractivity contribution >= 4 is 29.2 Å². The smallest absolute Gasteiger partial charge is 0.319 e. The van der Waals surface area contributed by atoms with Crippen molar-refractivity contribution in [2.24, 2.45) is 0 Å². The minimum atomic E-state index is -0.608. The quantitative estimate of drug-likeness (QED) is 0.603. The maximum Gasteiger partial charge on any atom is 0.319 e. The van der Waals surface area contributed by atoms with Gasteiger partial charge in [0.1, 0.15) is 17.4 Å². The van der Waals surface area contributed by atoms with E-state index in [9.17, 15) is 18.4 Å². The van der Waals surface area contributed by atoms with Crippen molar-refractivity contribution in [1.29, 1.82) is 0 Å². The van der Waals surface area contributed by atoms with Crippen LogP contribution >= 0.6 is 11.6 Å². The molecule has 2 N–H and O–H groups in total. The zero-order valence-corrected chi connectivity index (χ0v) is 20.2. The van der Waals surface area contributed by atoms with Crippen molar-refractivity contribution in [1.82, 2.24) is 15.1 Å². The third-order valence-corrected chi connectivity index (χ3v) is 5.94. The molecular weight excluding hydrogens is 466 g/mol. The standard InChI is InChI=1S/C24H29ClF2N4O3/c1-4-28-24(33)29-21-9-18(25)6-8-22(21)34-14-23(32)31-12-15(2)30(11-16(31)3)13-17-5-7-19(26)10-20(17)27/h5-10,15-16H,4,11-14H2,1-3H3,(H2,28,29,33). The van der Waals surface area contributed by atoms with Crippen LogP contribution in [0.4, 0.5) is 19.3 Å². The van der Waals surface area contributed by atoms with E-state index in [4.69, 9.17) is 16.3 Å². The molecular formula is C24H29ClF2N4O3. The van der Waals surface area contributed by atoms with Gasteiger partial charge in [-0.3, -0.25) is 9.69 Å². The fourth-order valence-corrected chi connectivity index (χ4v) is 4.08. The molecule has 2 aromatic rings. The van der Waals surface area contributed by atoms with Crippen LogP contribution in [0.5, 0.6) is 5.75 Å². The molecule has 10 heteroatoms. The molecule has 0 aromatic heterocycles. The number of urea groups is 1.